The fraction of sp³-hybridized carbons (Fsp3) is 0.0588. The highest BCUT2D eigenvalue weighted by molar-refractivity contribution is 7.13. The predicted octanol–water partition coefficient (Wildman–Crippen LogP) is 3.76. The number of rotatable bonds is 4. The molecule has 4 aromatic rings. The van der Waals surface area contributed by atoms with Crippen molar-refractivity contribution in [2.45, 2.75) is 6.54 Å². The molecule has 0 fully saturated rings. The summed E-state index contributed by atoms with van der Waals surface area (Å²) >= 11 is 1.59. The van der Waals surface area contributed by atoms with Gasteiger partial charge in [-0.2, -0.15) is 0 Å². The Balaban J connectivity index is 1.49. The monoisotopic (exact) mass is 319 g/mol. The molecule has 0 amide bonds. The molecule has 3 aromatic heterocycles. The summed E-state index contributed by atoms with van der Waals surface area (Å²) < 4.78 is 0. The van der Waals surface area contributed by atoms with E-state index >= 15 is 0 Å². The van der Waals surface area contributed by atoms with Gasteiger partial charge >= 0.3 is 0 Å². The molecule has 6 heteroatoms. The second-order valence-corrected chi connectivity index (χ2v) is 5.81. The highest BCUT2D eigenvalue weighted by Crippen LogP contribution is 2.21. The number of para-hydroxylation sites is 2. The molecular formula is C17H13N5S. The summed E-state index contributed by atoms with van der Waals surface area (Å²) in [7, 11) is 0. The van der Waals surface area contributed by atoms with Crippen molar-refractivity contribution in [2.24, 2.45) is 0 Å². The number of aromatic nitrogens is 4. The average Bonchev–Trinajstić information content (AvgIpc) is 3.10. The van der Waals surface area contributed by atoms with E-state index in [0.717, 1.165) is 33.2 Å². The second kappa shape index (κ2) is 6.10. The van der Waals surface area contributed by atoms with Crippen molar-refractivity contribution in [1.29, 1.82) is 0 Å². The van der Waals surface area contributed by atoms with Crippen LogP contribution in [0.5, 0.6) is 0 Å². The van der Waals surface area contributed by atoms with Gasteiger partial charge in [0, 0.05) is 11.6 Å². The number of thiazole rings is 1. The first-order valence-electron chi connectivity index (χ1n) is 7.20. The van der Waals surface area contributed by atoms with E-state index in [1.54, 1.807) is 23.7 Å². The van der Waals surface area contributed by atoms with Crippen molar-refractivity contribution in [2.75, 3.05) is 5.32 Å². The van der Waals surface area contributed by atoms with E-state index in [-0.39, 0.29) is 0 Å². The van der Waals surface area contributed by atoms with Gasteiger partial charge in [-0.3, -0.25) is 9.97 Å². The van der Waals surface area contributed by atoms with Crippen LogP contribution in [0.4, 0.5) is 5.82 Å². The number of pyridine rings is 1. The van der Waals surface area contributed by atoms with Gasteiger partial charge in [0.1, 0.15) is 10.8 Å². The minimum absolute atomic E-state index is 0.607. The zero-order chi connectivity index (χ0) is 15.5. The lowest BCUT2D eigenvalue weighted by atomic mass is 10.3. The van der Waals surface area contributed by atoms with Gasteiger partial charge < -0.3 is 5.32 Å². The van der Waals surface area contributed by atoms with Crippen molar-refractivity contribution in [3.05, 3.63) is 65.9 Å². The number of anilines is 1. The molecule has 0 radical (unpaired) electrons. The Bertz CT molecular complexity index is 936. The van der Waals surface area contributed by atoms with Crippen molar-refractivity contribution in [3.63, 3.8) is 0 Å². The molecule has 1 N–H and O–H groups in total. The van der Waals surface area contributed by atoms with Crippen molar-refractivity contribution in [3.8, 4) is 10.7 Å². The van der Waals surface area contributed by atoms with E-state index in [9.17, 15) is 0 Å². The predicted molar refractivity (Wildman–Crippen MR) is 92.2 cm³/mol. The molecular weight excluding hydrogens is 306 g/mol. The smallest absolute Gasteiger partial charge is 0.145 e. The Morgan fingerprint density at radius 3 is 2.65 bits per heavy atom. The third-order valence-corrected chi connectivity index (χ3v) is 4.25. The molecule has 0 aliphatic heterocycles. The molecule has 0 spiro atoms. The maximum atomic E-state index is 4.60. The first kappa shape index (κ1) is 13.8. The molecule has 0 saturated heterocycles. The molecule has 1 aromatic carbocycles. The van der Waals surface area contributed by atoms with Crippen LogP contribution in [-0.2, 0) is 6.54 Å². The fourth-order valence-electron chi connectivity index (χ4n) is 2.22. The zero-order valence-electron chi connectivity index (χ0n) is 12.2. The van der Waals surface area contributed by atoms with Gasteiger partial charge in [0.15, 0.2) is 0 Å². The van der Waals surface area contributed by atoms with Gasteiger partial charge in [-0.05, 0) is 24.3 Å². The van der Waals surface area contributed by atoms with Crippen molar-refractivity contribution >= 4 is 28.2 Å². The van der Waals surface area contributed by atoms with Crippen LogP contribution in [0.3, 0.4) is 0 Å². The molecule has 0 bridgehead atoms. The number of nitrogens with zero attached hydrogens (tertiary/aromatic N) is 4. The highest BCUT2D eigenvalue weighted by Gasteiger charge is 2.06. The van der Waals surface area contributed by atoms with Gasteiger partial charge in [-0.25, -0.2) is 9.97 Å². The number of benzene rings is 1. The molecule has 0 aliphatic carbocycles. The van der Waals surface area contributed by atoms with Crippen LogP contribution in [0.1, 0.15) is 5.69 Å². The molecule has 5 nitrogen and oxygen atoms in total. The Kier molecular flexibility index (Phi) is 3.65. The van der Waals surface area contributed by atoms with E-state index in [2.05, 4.69) is 25.3 Å². The third-order valence-electron chi connectivity index (χ3n) is 3.33. The molecule has 0 unspecified atom stereocenters. The van der Waals surface area contributed by atoms with Gasteiger partial charge in [-0.15, -0.1) is 11.3 Å². The lowest BCUT2D eigenvalue weighted by Gasteiger charge is -2.04. The molecule has 3 heterocycles. The summed E-state index contributed by atoms with van der Waals surface area (Å²) in [5, 5.41) is 6.22. The first-order chi connectivity index (χ1) is 11.4. The lowest BCUT2D eigenvalue weighted by Crippen LogP contribution is -2.02. The molecule has 0 atom stereocenters. The standard InChI is InChI=1S/C17H13N5S/c1-2-6-14-13(5-1)19-10-16(22-14)20-9-12-11-23-17(21-12)15-7-3-4-8-18-15/h1-8,10-11H,9H2,(H,20,22). The summed E-state index contributed by atoms with van der Waals surface area (Å²) in [5.41, 5.74) is 3.63. The first-order valence-corrected chi connectivity index (χ1v) is 8.08. The van der Waals surface area contributed by atoms with Gasteiger partial charge in [0.05, 0.1) is 35.2 Å². The Morgan fingerprint density at radius 1 is 0.913 bits per heavy atom. The topological polar surface area (TPSA) is 63.6 Å². The van der Waals surface area contributed by atoms with Gasteiger partial charge in [0.2, 0.25) is 0 Å². The fourth-order valence-corrected chi connectivity index (χ4v) is 3.01. The summed E-state index contributed by atoms with van der Waals surface area (Å²) in [5.74, 6) is 0.746. The second-order valence-electron chi connectivity index (χ2n) is 4.96. The minimum atomic E-state index is 0.607. The summed E-state index contributed by atoms with van der Waals surface area (Å²) in [6, 6.07) is 13.6. The van der Waals surface area contributed by atoms with Crippen LogP contribution in [0.25, 0.3) is 21.7 Å². The van der Waals surface area contributed by atoms with Crippen LogP contribution >= 0.6 is 11.3 Å². The van der Waals surface area contributed by atoms with Crippen LogP contribution in [0, 0.1) is 0 Å². The maximum Gasteiger partial charge on any atom is 0.145 e. The minimum Gasteiger partial charge on any atom is -0.363 e. The van der Waals surface area contributed by atoms with E-state index in [1.807, 2.05) is 47.8 Å². The summed E-state index contributed by atoms with van der Waals surface area (Å²) in [4.78, 5) is 17.9. The Labute approximate surface area is 137 Å². The Hall–Kier alpha value is -2.86. The molecule has 23 heavy (non-hydrogen) atoms. The summed E-state index contributed by atoms with van der Waals surface area (Å²) in [6.07, 6.45) is 3.52. The highest BCUT2D eigenvalue weighted by atomic mass is 32.1. The van der Waals surface area contributed by atoms with Crippen molar-refractivity contribution < 1.29 is 0 Å². The van der Waals surface area contributed by atoms with Gasteiger partial charge in [0.25, 0.3) is 0 Å². The van der Waals surface area contributed by atoms with E-state index in [0.29, 0.717) is 6.54 Å². The van der Waals surface area contributed by atoms with Crippen LogP contribution in [-0.4, -0.2) is 19.9 Å². The SMILES string of the molecule is c1ccc(-c2nc(CNc3cnc4ccccc4n3)cs2)nc1. The van der Waals surface area contributed by atoms with E-state index in [1.165, 1.54) is 0 Å². The average molecular weight is 319 g/mol. The molecule has 4 rings (SSSR count). The Morgan fingerprint density at radius 2 is 1.78 bits per heavy atom. The number of hydrogen-bond donors (Lipinski definition) is 1. The summed E-state index contributed by atoms with van der Waals surface area (Å²) in [6.45, 7) is 0.607. The van der Waals surface area contributed by atoms with Crippen LogP contribution < -0.4 is 5.32 Å². The van der Waals surface area contributed by atoms with Crippen molar-refractivity contribution in [1.82, 2.24) is 19.9 Å². The number of fused-ring (bicyclic) bond motifs is 1. The van der Waals surface area contributed by atoms with Gasteiger partial charge in [-0.1, -0.05) is 18.2 Å². The van der Waals surface area contributed by atoms with E-state index < -0.39 is 0 Å². The largest absolute Gasteiger partial charge is 0.363 e. The molecule has 112 valence electrons. The number of nitrogens with one attached hydrogen (secondary N) is 1. The lowest BCUT2D eigenvalue weighted by molar-refractivity contribution is 1.05. The quantitative estimate of drug-likeness (QED) is 0.620. The molecule has 0 saturated carbocycles. The zero-order valence-corrected chi connectivity index (χ0v) is 13.0. The van der Waals surface area contributed by atoms with Crippen LogP contribution in [0.15, 0.2) is 60.2 Å². The molecule has 0 aliphatic rings. The number of hydrogen-bond acceptors (Lipinski definition) is 6. The van der Waals surface area contributed by atoms with Crippen LogP contribution in [0.2, 0.25) is 0 Å². The third kappa shape index (κ3) is 3.02. The normalized spacial score (nSPS) is 10.8. The maximum absolute atomic E-state index is 4.60. The van der Waals surface area contributed by atoms with E-state index in [4.69, 9.17) is 0 Å².